The van der Waals surface area contributed by atoms with Crippen LogP contribution in [-0.4, -0.2) is 36.1 Å². The summed E-state index contributed by atoms with van der Waals surface area (Å²) in [6, 6.07) is 2.35. The molecule has 0 aliphatic carbocycles. The van der Waals surface area contributed by atoms with Crippen molar-refractivity contribution in [1.82, 2.24) is 10.2 Å². The van der Waals surface area contributed by atoms with E-state index >= 15 is 0 Å². The Balaban J connectivity index is 1.66. The van der Waals surface area contributed by atoms with E-state index in [0.29, 0.717) is 6.04 Å². The molecule has 2 fully saturated rings. The first-order chi connectivity index (χ1) is 8.16. The molecule has 0 radical (unpaired) electrons. The highest BCUT2D eigenvalue weighted by atomic mass is 15.2. The Morgan fingerprint density at radius 1 is 1.12 bits per heavy atom. The Hall–Kier alpha value is -0.0800. The van der Waals surface area contributed by atoms with E-state index in [1.807, 2.05) is 0 Å². The van der Waals surface area contributed by atoms with Gasteiger partial charge in [0.2, 0.25) is 0 Å². The third-order valence-corrected chi connectivity index (χ3v) is 4.52. The van der Waals surface area contributed by atoms with Crippen molar-refractivity contribution in [1.29, 1.82) is 0 Å². The fourth-order valence-corrected chi connectivity index (χ4v) is 3.56. The van der Waals surface area contributed by atoms with Crippen molar-refractivity contribution in [3.63, 3.8) is 0 Å². The highest BCUT2D eigenvalue weighted by Gasteiger charge is 2.37. The van der Waals surface area contributed by atoms with E-state index in [0.717, 1.165) is 18.0 Å². The second kappa shape index (κ2) is 6.19. The predicted molar refractivity (Wildman–Crippen MR) is 74.3 cm³/mol. The third kappa shape index (κ3) is 3.69. The summed E-state index contributed by atoms with van der Waals surface area (Å²) in [5.41, 5.74) is 0. The molecule has 3 unspecified atom stereocenters. The van der Waals surface area contributed by atoms with E-state index < -0.39 is 0 Å². The van der Waals surface area contributed by atoms with E-state index in [4.69, 9.17) is 0 Å². The van der Waals surface area contributed by atoms with Gasteiger partial charge in [-0.25, -0.2) is 0 Å². The number of fused-ring (bicyclic) bond motifs is 1. The molecular weight excluding hydrogens is 208 g/mol. The van der Waals surface area contributed by atoms with Crippen LogP contribution in [-0.2, 0) is 0 Å². The average Bonchev–Trinajstić information content (AvgIpc) is 2.82. The van der Waals surface area contributed by atoms with Crippen LogP contribution in [0.5, 0.6) is 0 Å². The Bertz CT molecular complexity index is 227. The molecule has 2 heteroatoms. The van der Waals surface area contributed by atoms with E-state index in [1.54, 1.807) is 0 Å². The molecule has 0 bridgehead atoms. The predicted octanol–water partition coefficient (Wildman–Crippen LogP) is 3.03. The van der Waals surface area contributed by atoms with Gasteiger partial charge in [-0.2, -0.15) is 0 Å². The fourth-order valence-electron chi connectivity index (χ4n) is 3.56. The van der Waals surface area contributed by atoms with Gasteiger partial charge in [0.25, 0.3) is 0 Å². The summed E-state index contributed by atoms with van der Waals surface area (Å²) < 4.78 is 0. The van der Waals surface area contributed by atoms with Crippen molar-refractivity contribution in [3.05, 3.63) is 0 Å². The summed E-state index contributed by atoms with van der Waals surface area (Å²) in [5.74, 6) is 0.860. The Morgan fingerprint density at radius 3 is 2.71 bits per heavy atom. The molecule has 0 saturated carbocycles. The molecule has 2 aliphatic heterocycles. The average molecular weight is 238 g/mol. The zero-order valence-corrected chi connectivity index (χ0v) is 11.9. The van der Waals surface area contributed by atoms with Crippen molar-refractivity contribution >= 4 is 0 Å². The van der Waals surface area contributed by atoms with Crippen LogP contribution in [0.15, 0.2) is 0 Å². The molecule has 0 aromatic carbocycles. The van der Waals surface area contributed by atoms with Gasteiger partial charge in [0.05, 0.1) is 0 Å². The summed E-state index contributed by atoms with van der Waals surface area (Å²) in [6.07, 6.45) is 8.33. The molecule has 0 aromatic rings. The van der Waals surface area contributed by atoms with Crippen LogP contribution in [0.3, 0.4) is 0 Å². The lowest BCUT2D eigenvalue weighted by molar-refractivity contribution is 0.287. The van der Waals surface area contributed by atoms with Crippen molar-refractivity contribution in [2.75, 3.05) is 13.1 Å². The van der Waals surface area contributed by atoms with Crippen LogP contribution in [0.25, 0.3) is 0 Å². The summed E-state index contributed by atoms with van der Waals surface area (Å²) in [5, 5.41) is 3.88. The fraction of sp³-hybridized carbons (Fsp3) is 1.00. The Kier molecular flexibility index (Phi) is 4.87. The Labute approximate surface area is 107 Å². The van der Waals surface area contributed by atoms with Crippen LogP contribution in [0.2, 0.25) is 0 Å². The molecule has 2 rings (SSSR count). The molecular formula is C15H30N2. The van der Waals surface area contributed by atoms with Crippen LogP contribution in [0.4, 0.5) is 0 Å². The van der Waals surface area contributed by atoms with Gasteiger partial charge in [-0.1, -0.05) is 26.7 Å². The number of hydrogen-bond acceptors (Lipinski definition) is 2. The lowest BCUT2D eigenvalue weighted by atomic mass is 10.0. The van der Waals surface area contributed by atoms with Gasteiger partial charge in [0.1, 0.15) is 0 Å². The molecule has 0 aromatic heterocycles. The molecule has 0 spiro atoms. The van der Waals surface area contributed by atoms with Crippen LogP contribution in [0.1, 0.15) is 59.3 Å². The summed E-state index contributed by atoms with van der Waals surface area (Å²) in [4.78, 5) is 2.69. The van der Waals surface area contributed by atoms with Gasteiger partial charge in [-0.15, -0.1) is 0 Å². The SMILES string of the molecule is CC(C)CCCC(C)NC1CCN2CCCC12. The summed E-state index contributed by atoms with van der Waals surface area (Å²) in [6.45, 7) is 9.71. The van der Waals surface area contributed by atoms with Gasteiger partial charge in [0, 0.05) is 24.7 Å². The molecule has 3 atom stereocenters. The highest BCUT2D eigenvalue weighted by molar-refractivity contribution is 4.96. The lowest BCUT2D eigenvalue weighted by Gasteiger charge is -2.25. The van der Waals surface area contributed by atoms with Gasteiger partial charge in [0.15, 0.2) is 0 Å². The molecule has 17 heavy (non-hydrogen) atoms. The van der Waals surface area contributed by atoms with E-state index in [9.17, 15) is 0 Å². The van der Waals surface area contributed by atoms with Gasteiger partial charge < -0.3 is 5.32 Å². The van der Waals surface area contributed by atoms with Gasteiger partial charge in [-0.3, -0.25) is 4.90 Å². The maximum absolute atomic E-state index is 3.88. The normalized spacial score (nSPS) is 31.1. The zero-order chi connectivity index (χ0) is 12.3. The van der Waals surface area contributed by atoms with Crippen molar-refractivity contribution in [2.24, 2.45) is 5.92 Å². The third-order valence-electron chi connectivity index (χ3n) is 4.52. The minimum absolute atomic E-state index is 0.708. The van der Waals surface area contributed by atoms with Crippen LogP contribution >= 0.6 is 0 Å². The first-order valence-corrected chi connectivity index (χ1v) is 7.67. The van der Waals surface area contributed by atoms with Crippen LogP contribution in [0, 0.1) is 5.92 Å². The Morgan fingerprint density at radius 2 is 1.94 bits per heavy atom. The molecule has 100 valence electrons. The maximum atomic E-state index is 3.88. The second-order valence-electron chi connectivity index (χ2n) is 6.53. The number of rotatable bonds is 6. The quantitative estimate of drug-likeness (QED) is 0.765. The lowest BCUT2D eigenvalue weighted by Crippen LogP contribution is -2.43. The highest BCUT2D eigenvalue weighted by Crippen LogP contribution is 2.28. The monoisotopic (exact) mass is 238 g/mol. The number of nitrogens with zero attached hydrogens (tertiary/aromatic N) is 1. The van der Waals surface area contributed by atoms with Crippen molar-refractivity contribution in [2.45, 2.75) is 77.4 Å². The largest absolute Gasteiger partial charge is 0.310 e. The molecule has 2 heterocycles. The number of nitrogens with one attached hydrogen (secondary N) is 1. The van der Waals surface area contributed by atoms with E-state index in [1.165, 1.54) is 51.6 Å². The van der Waals surface area contributed by atoms with Gasteiger partial charge in [-0.05, 0) is 45.1 Å². The molecule has 2 aliphatic rings. The summed E-state index contributed by atoms with van der Waals surface area (Å²) in [7, 11) is 0. The molecule has 2 nitrogen and oxygen atoms in total. The molecule has 0 amide bonds. The van der Waals surface area contributed by atoms with Crippen LogP contribution < -0.4 is 5.32 Å². The van der Waals surface area contributed by atoms with Crippen molar-refractivity contribution in [3.8, 4) is 0 Å². The standard InChI is InChI=1S/C15H30N2/c1-12(2)6-4-7-13(3)16-14-9-11-17-10-5-8-15(14)17/h12-16H,4-11H2,1-3H3. The minimum atomic E-state index is 0.708. The number of hydrogen-bond donors (Lipinski definition) is 1. The minimum Gasteiger partial charge on any atom is -0.310 e. The van der Waals surface area contributed by atoms with E-state index in [-0.39, 0.29) is 0 Å². The topological polar surface area (TPSA) is 15.3 Å². The zero-order valence-electron chi connectivity index (χ0n) is 11.9. The molecule has 2 saturated heterocycles. The molecule has 1 N–H and O–H groups in total. The maximum Gasteiger partial charge on any atom is 0.0250 e. The summed E-state index contributed by atoms with van der Waals surface area (Å²) >= 11 is 0. The first kappa shape index (κ1) is 13.4. The van der Waals surface area contributed by atoms with Crippen molar-refractivity contribution < 1.29 is 0 Å². The smallest absolute Gasteiger partial charge is 0.0250 e. The van der Waals surface area contributed by atoms with Gasteiger partial charge >= 0.3 is 0 Å². The first-order valence-electron chi connectivity index (χ1n) is 7.67. The second-order valence-corrected chi connectivity index (χ2v) is 6.53. The van der Waals surface area contributed by atoms with E-state index in [2.05, 4.69) is 31.0 Å².